The van der Waals surface area contributed by atoms with E-state index in [0.29, 0.717) is 0 Å². The fourth-order valence-corrected chi connectivity index (χ4v) is 0.946. The third-order valence-corrected chi connectivity index (χ3v) is 1.45. The van der Waals surface area contributed by atoms with Crippen LogP contribution in [0.4, 0.5) is 14.5 Å². The Kier molecular flexibility index (Phi) is 3.31. The maximum absolute atomic E-state index is 13.1. The Labute approximate surface area is 79.0 Å². The molecule has 0 aliphatic carbocycles. The zero-order valence-electron chi connectivity index (χ0n) is 7.38. The highest BCUT2D eigenvalue weighted by Crippen LogP contribution is 2.26. The molecule has 3 nitrogen and oxygen atoms in total. The van der Waals surface area contributed by atoms with Gasteiger partial charge in [-0.25, -0.2) is 13.6 Å². The van der Waals surface area contributed by atoms with Crippen LogP contribution >= 0.6 is 0 Å². The number of aliphatic imine (C=N–C) groups is 1. The van der Waals surface area contributed by atoms with Crippen LogP contribution < -0.4 is 4.74 Å². The van der Waals surface area contributed by atoms with Crippen LogP contribution in [0.15, 0.2) is 17.1 Å². The zero-order chi connectivity index (χ0) is 10.6. The fraction of sp³-hybridized carbons (Fsp3) is 0.222. The number of hydrogen-bond acceptors (Lipinski definition) is 3. The summed E-state index contributed by atoms with van der Waals surface area (Å²) < 4.78 is 30.8. The molecule has 0 aromatic heterocycles. The molecule has 0 spiro atoms. The SMILES string of the molecule is CCOc1c(F)cc(N=C=O)cc1F. The van der Waals surface area contributed by atoms with Crippen LogP contribution in [0, 0.1) is 11.6 Å². The molecular formula is C9H7F2NO2. The van der Waals surface area contributed by atoms with E-state index in [4.69, 9.17) is 4.74 Å². The van der Waals surface area contributed by atoms with Crippen LogP contribution in [0.3, 0.4) is 0 Å². The van der Waals surface area contributed by atoms with Crippen molar-refractivity contribution in [3.63, 3.8) is 0 Å². The van der Waals surface area contributed by atoms with Gasteiger partial charge >= 0.3 is 0 Å². The van der Waals surface area contributed by atoms with Gasteiger partial charge in [-0.3, -0.25) is 0 Å². The van der Waals surface area contributed by atoms with E-state index in [-0.39, 0.29) is 12.3 Å². The molecule has 0 unspecified atom stereocenters. The predicted octanol–water partition coefficient (Wildman–Crippen LogP) is 2.33. The van der Waals surface area contributed by atoms with E-state index in [2.05, 4.69) is 4.99 Å². The van der Waals surface area contributed by atoms with Gasteiger partial charge in [0.25, 0.3) is 0 Å². The van der Waals surface area contributed by atoms with E-state index in [0.717, 1.165) is 12.1 Å². The van der Waals surface area contributed by atoms with Crippen molar-refractivity contribution in [2.75, 3.05) is 6.61 Å². The lowest BCUT2D eigenvalue weighted by atomic mass is 10.3. The summed E-state index contributed by atoms with van der Waals surface area (Å²) in [6.45, 7) is 1.76. The molecule has 1 rings (SSSR count). The fourth-order valence-electron chi connectivity index (χ4n) is 0.946. The average Bonchev–Trinajstić information content (AvgIpc) is 2.12. The Bertz CT molecular complexity index is 363. The number of hydrogen-bond donors (Lipinski definition) is 0. The molecule has 0 amide bonds. The summed E-state index contributed by atoms with van der Waals surface area (Å²) in [6, 6.07) is 1.80. The first-order valence-corrected chi connectivity index (χ1v) is 3.88. The molecular weight excluding hydrogens is 192 g/mol. The molecule has 0 N–H and O–H groups in total. The first-order chi connectivity index (χ1) is 6.69. The Hall–Kier alpha value is -1.74. The molecule has 1 aromatic rings. The topological polar surface area (TPSA) is 38.7 Å². The van der Waals surface area contributed by atoms with Gasteiger partial charge in [0.05, 0.1) is 12.3 Å². The highest BCUT2D eigenvalue weighted by Gasteiger charge is 2.11. The van der Waals surface area contributed by atoms with Crippen molar-refractivity contribution in [3.05, 3.63) is 23.8 Å². The van der Waals surface area contributed by atoms with Gasteiger partial charge in [0, 0.05) is 12.1 Å². The summed E-state index contributed by atoms with van der Waals surface area (Å²) in [5, 5.41) is 0. The summed E-state index contributed by atoms with van der Waals surface area (Å²) >= 11 is 0. The minimum absolute atomic E-state index is 0.126. The molecule has 0 bridgehead atoms. The number of carbonyl (C=O) groups excluding carboxylic acids is 1. The molecule has 0 saturated carbocycles. The third kappa shape index (κ3) is 2.14. The number of isocyanates is 1. The minimum Gasteiger partial charge on any atom is -0.488 e. The van der Waals surface area contributed by atoms with Crippen molar-refractivity contribution in [1.29, 1.82) is 0 Å². The van der Waals surface area contributed by atoms with Gasteiger partial charge in [-0.2, -0.15) is 4.99 Å². The molecule has 0 atom stereocenters. The lowest BCUT2D eigenvalue weighted by Gasteiger charge is -2.05. The van der Waals surface area contributed by atoms with E-state index < -0.39 is 17.4 Å². The largest absolute Gasteiger partial charge is 0.488 e. The third-order valence-electron chi connectivity index (χ3n) is 1.45. The summed E-state index contributed by atoms with van der Waals surface area (Å²) in [5.41, 5.74) is -0.126. The van der Waals surface area contributed by atoms with Crippen molar-refractivity contribution in [2.45, 2.75) is 6.92 Å². The molecule has 0 fully saturated rings. The molecule has 0 heterocycles. The Balaban J connectivity index is 3.17. The van der Waals surface area contributed by atoms with Crippen LogP contribution in [-0.4, -0.2) is 12.7 Å². The van der Waals surface area contributed by atoms with E-state index in [1.54, 1.807) is 6.92 Å². The van der Waals surface area contributed by atoms with Gasteiger partial charge in [0.2, 0.25) is 6.08 Å². The maximum atomic E-state index is 13.1. The number of benzene rings is 1. The Morgan fingerprint density at radius 2 is 2.00 bits per heavy atom. The summed E-state index contributed by atoms with van der Waals surface area (Å²) in [5.74, 6) is -2.24. The van der Waals surface area contributed by atoms with Gasteiger partial charge in [-0.1, -0.05) is 0 Å². The van der Waals surface area contributed by atoms with E-state index >= 15 is 0 Å². The van der Waals surface area contributed by atoms with Crippen molar-refractivity contribution in [1.82, 2.24) is 0 Å². The molecule has 0 aliphatic rings. The first kappa shape index (κ1) is 10.3. The van der Waals surface area contributed by atoms with Gasteiger partial charge in [0.15, 0.2) is 17.4 Å². The van der Waals surface area contributed by atoms with Crippen molar-refractivity contribution >= 4 is 11.8 Å². The van der Waals surface area contributed by atoms with Crippen LogP contribution in [0.5, 0.6) is 5.75 Å². The summed E-state index contributed by atoms with van der Waals surface area (Å²) in [6.07, 6.45) is 1.19. The molecule has 0 saturated heterocycles. The van der Waals surface area contributed by atoms with Crippen molar-refractivity contribution < 1.29 is 18.3 Å². The van der Waals surface area contributed by atoms with Gasteiger partial charge in [-0.15, -0.1) is 0 Å². The second-order valence-corrected chi connectivity index (χ2v) is 2.37. The molecule has 74 valence electrons. The smallest absolute Gasteiger partial charge is 0.240 e. The number of halogens is 2. The van der Waals surface area contributed by atoms with Gasteiger partial charge in [-0.05, 0) is 6.92 Å². The Morgan fingerprint density at radius 3 is 2.43 bits per heavy atom. The molecule has 14 heavy (non-hydrogen) atoms. The highest BCUT2D eigenvalue weighted by atomic mass is 19.1. The number of rotatable bonds is 3. The molecule has 1 aromatic carbocycles. The lowest BCUT2D eigenvalue weighted by molar-refractivity contribution is 0.303. The molecule has 0 radical (unpaired) electrons. The van der Waals surface area contributed by atoms with E-state index in [1.165, 1.54) is 6.08 Å². The standard InChI is InChI=1S/C9H7F2NO2/c1-2-14-9-7(10)3-6(12-5-13)4-8(9)11/h3-4H,2H2,1H3. The number of ether oxygens (including phenoxy) is 1. The van der Waals surface area contributed by atoms with Gasteiger partial charge < -0.3 is 4.74 Å². The highest BCUT2D eigenvalue weighted by molar-refractivity contribution is 5.51. The average molecular weight is 199 g/mol. The second kappa shape index (κ2) is 4.48. The van der Waals surface area contributed by atoms with E-state index in [1.807, 2.05) is 0 Å². The van der Waals surface area contributed by atoms with E-state index in [9.17, 15) is 13.6 Å². The van der Waals surface area contributed by atoms with Crippen LogP contribution in [-0.2, 0) is 4.79 Å². The Morgan fingerprint density at radius 1 is 1.43 bits per heavy atom. The zero-order valence-corrected chi connectivity index (χ0v) is 7.38. The van der Waals surface area contributed by atoms with Crippen LogP contribution in [0.1, 0.15) is 6.92 Å². The predicted molar refractivity (Wildman–Crippen MR) is 45.3 cm³/mol. The lowest BCUT2D eigenvalue weighted by Crippen LogP contribution is -1.97. The monoisotopic (exact) mass is 199 g/mol. The van der Waals surface area contributed by atoms with Crippen molar-refractivity contribution in [3.8, 4) is 5.75 Å². The molecule has 0 aliphatic heterocycles. The van der Waals surface area contributed by atoms with Crippen LogP contribution in [0.2, 0.25) is 0 Å². The maximum Gasteiger partial charge on any atom is 0.240 e. The van der Waals surface area contributed by atoms with Crippen molar-refractivity contribution in [2.24, 2.45) is 4.99 Å². The molecule has 5 heteroatoms. The van der Waals surface area contributed by atoms with Gasteiger partial charge in [0.1, 0.15) is 0 Å². The summed E-state index contributed by atoms with van der Waals surface area (Å²) in [4.78, 5) is 12.9. The quantitative estimate of drug-likeness (QED) is 0.553. The normalized spacial score (nSPS) is 9.36. The minimum atomic E-state index is -0.888. The first-order valence-electron chi connectivity index (χ1n) is 3.88. The van der Waals surface area contributed by atoms with Crippen LogP contribution in [0.25, 0.3) is 0 Å². The summed E-state index contributed by atoms with van der Waals surface area (Å²) in [7, 11) is 0. The second-order valence-electron chi connectivity index (χ2n) is 2.37. The number of nitrogens with zero attached hydrogens (tertiary/aromatic N) is 1.